The Kier molecular flexibility index (Phi) is 6.22. The molecule has 32 heavy (non-hydrogen) atoms. The van der Waals surface area contributed by atoms with E-state index in [1.807, 2.05) is 18.2 Å². The van der Waals surface area contributed by atoms with Crippen LogP contribution in [-0.2, 0) is 15.0 Å². The number of hydrogen-bond donors (Lipinski definition) is 2. The van der Waals surface area contributed by atoms with Crippen LogP contribution in [0.3, 0.4) is 0 Å². The molecule has 1 saturated heterocycles. The van der Waals surface area contributed by atoms with Gasteiger partial charge in [-0.15, -0.1) is 0 Å². The van der Waals surface area contributed by atoms with E-state index in [2.05, 4.69) is 6.07 Å². The molecular formula is C24H26ClN3O4. The maximum Gasteiger partial charge on any atom is 0.335 e. The van der Waals surface area contributed by atoms with Crippen molar-refractivity contribution in [1.82, 2.24) is 4.90 Å². The number of carboxylic acids is 1. The topological polar surface area (TPSA) is 104 Å². The Morgan fingerprint density at radius 2 is 1.78 bits per heavy atom. The smallest absolute Gasteiger partial charge is 0.335 e. The van der Waals surface area contributed by atoms with Gasteiger partial charge in [-0.25, -0.2) is 4.79 Å². The van der Waals surface area contributed by atoms with E-state index in [0.29, 0.717) is 17.3 Å². The molecule has 2 aromatic rings. The molecule has 2 aliphatic rings. The largest absolute Gasteiger partial charge is 0.478 e. The van der Waals surface area contributed by atoms with Gasteiger partial charge in [0.05, 0.1) is 5.56 Å². The number of nitrogens with zero attached hydrogens (tertiary/aromatic N) is 2. The van der Waals surface area contributed by atoms with Gasteiger partial charge in [0.2, 0.25) is 11.8 Å². The molecule has 0 spiro atoms. The summed E-state index contributed by atoms with van der Waals surface area (Å²) in [5.41, 5.74) is 7.64. The summed E-state index contributed by atoms with van der Waals surface area (Å²) in [7, 11) is 0. The molecule has 3 N–H and O–H groups in total. The van der Waals surface area contributed by atoms with E-state index in [0.717, 1.165) is 31.2 Å². The Labute approximate surface area is 191 Å². The molecule has 8 heteroatoms. The third-order valence-corrected chi connectivity index (χ3v) is 7.04. The van der Waals surface area contributed by atoms with E-state index >= 15 is 0 Å². The molecule has 0 radical (unpaired) electrons. The molecule has 2 fully saturated rings. The van der Waals surface area contributed by atoms with Gasteiger partial charge in [0.1, 0.15) is 13.1 Å². The second kappa shape index (κ2) is 8.92. The van der Waals surface area contributed by atoms with Crippen molar-refractivity contribution in [2.45, 2.75) is 37.1 Å². The van der Waals surface area contributed by atoms with Crippen LogP contribution in [0.4, 0.5) is 5.69 Å². The fourth-order valence-corrected chi connectivity index (χ4v) is 5.09. The number of benzene rings is 2. The number of carbonyl (C=O) groups is 3. The van der Waals surface area contributed by atoms with E-state index in [1.165, 1.54) is 17.0 Å². The highest BCUT2D eigenvalue weighted by Crippen LogP contribution is 2.41. The van der Waals surface area contributed by atoms with Crippen molar-refractivity contribution < 1.29 is 19.5 Å². The minimum absolute atomic E-state index is 0.00636. The Bertz CT molecular complexity index is 1050. The van der Waals surface area contributed by atoms with Gasteiger partial charge in [0.15, 0.2) is 0 Å². The number of carboxylic acid groups (broad SMARTS) is 1. The van der Waals surface area contributed by atoms with Crippen LogP contribution in [0, 0.1) is 0 Å². The van der Waals surface area contributed by atoms with Crippen LogP contribution in [0.1, 0.15) is 41.6 Å². The third kappa shape index (κ3) is 4.23. The summed E-state index contributed by atoms with van der Waals surface area (Å²) in [5, 5.41) is 9.88. The summed E-state index contributed by atoms with van der Waals surface area (Å²) < 4.78 is 0. The van der Waals surface area contributed by atoms with Gasteiger partial charge >= 0.3 is 5.97 Å². The van der Waals surface area contributed by atoms with Gasteiger partial charge in [-0.05, 0) is 61.6 Å². The van der Waals surface area contributed by atoms with Gasteiger partial charge in [0, 0.05) is 28.7 Å². The predicted molar refractivity (Wildman–Crippen MR) is 122 cm³/mol. The summed E-state index contributed by atoms with van der Waals surface area (Å²) in [5.74, 6) is -1.41. The Balaban J connectivity index is 1.45. The van der Waals surface area contributed by atoms with Crippen molar-refractivity contribution in [2.75, 3.05) is 24.5 Å². The van der Waals surface area contributed by atoms with Gasteiger partial charge in [-0.2, -0.15) is 0 Å². The van der Waals surface area contributed by atoms with Crippen molar-refractivity contribution in [3.8, 4) is 0 Å². The van der Waals surface area contributed by atoms with Crippen molar-refractivity contribution in [1.29, 1.82) is 0 Å². The second-order valence-electron chi connectivity index (χ2n) is 8.58. The summed E-state index contributed by atoms with van der Waals surface area (Å²) in [4.78, 5) is 40.1. The van der Waals surface area contributed by atoms with Crippen molar-refractivity contribution in [2.24, 2.45) is 5.73 Å². The molecule has 0 aromatic heterocycles. The molecule has 1 aliphatic carbocycles. The van der Waals surface area contributed by atoms with Crippen molar-refractivity contribution >= 4 is 35.1 Å². The first-order valence-electron chi connectivity index (χ1n) is 10.7. The highest BCUT2D eigenvalue weighted by atomic mass is 35.5. The maximum atomic E-state index is 13.0. The van der Waals surface area contributed by atoms with Crippen LogP contribution >= 0.6 is 11.6 Å². The number of halogens is 1. The molecule has 7 nitrogen and oxygen atoms in total. The van der Waals surface area contributed by atoms with Crippen LogP contribution in [-0.4, -0.2) is 53.5 Å². The predicted octanol–water partition coefficient (Wildman–Crippen LogP) is 3.05. The van der Waals surface area contributed by atoms with Crippen LogP contribution in [0.5, 0.6) is 0 Å². The lowest BCUT2D eigenvalue weighted by Crippen LogP contribution is -2.58. The molecule has 2 aromatic carbocycles. The normalized spacial score (nSPS) is 24.0. The van der Waals surface area contributed by atoms with E-state index < -0.39 is 5.97 Å². The average molecular weight is 456 g/mol. The number of piperazine rings is 1. The van der Waals surface area contributed by atoms with Crippen LogP contribution in [0.25, 0.3) is 0 Å². The lowest BCUT2D eigenvalue weighted by molar-refractivity contribution is -0.141. The molecule has 4 rings (SSSR count). The quantitative estimate of drug-likeness (QED) is 0.721. The van der Waals surface area contributed by atoms with E-state index in [1.54, 1.807) is 17.0 Å². The molecule has 1 heterocycles. The molecule has 168 valence electrons. The summed E-state index contributed by atoms with van der Waals surface area (Å²) in [6.07, 6.45) is 3.15. The average Bonchev–Trinajstić information content (AvgIpc) is 2.80. The zero-order valence-corrected chi connectivity index (χ0v) is 18.4. The zero-order chi connectivity index (χ0) is 22.9. The highest BCUT2D eigenvalue weighted by Gasteiger charge is 2.41. The third-order valence-electron chi connectivity index (χ3n) is 6.81. The fourth-order valence-electron chi connectivity index (χ4n) is 4.90. The molecule has 1 aliphatic heterocycles. The number of amides is 2. The number of aromatic carboxylic acids is 1. The molecule has 2 amide bonds. The summed E-state index contributed by atoms with van der Waals surface area (Å²) in [6.45, 7) is 0.406. The molecule has 1 saturated carbocycles. The molecule has 0 bridgehead atoms. The van der Waals surface area contributed by atoms with Gasteiger partial charge < -0.3 is 20.6 Å². The maximum absolute atomic E-state index is 13.0. The van der Waals surface area contributed by atoms with Crippen LogP contribution in [0.15, 0.2) is 48.5 Å². The number of nitrogens with two attached hydrogens (primary N) is 1. The van der Waals surface area contributed by atoms with Crippen LogP contribution < -0.4 is 10.6 Å². The number of anilines is 1. The van der Waals surface area contributed by atoms with Crippen molar-refractivity contribution in [3.05, 3.63) is 64.7 Å². The molecule has 0 unspecified atom stereocenters. The SMILES string of the molecule is NC[C@]1(c2cccc(Cl)c2)CC[C@H](N2CC(=O)N(c3cccc(C(=O)O)c3)CC2=O)CC1. The number of carbonyl (C=O) groups excluding carboxylic acids is 2. The minimum Gasteiger partial charge on any atom is -0.478 e. The second-order valence-corrected chi connectivity index (χ2v) is 9.02. The minimum atomic E-state index is -1.07. The monoisotopic (exact) mass is 455 g/mol. The summed E-state index contributed by atoms with van der Waals surface area (Å²) in [6, 6.07) is 13.9. The zero-order valence-electron chi connectivity index (χ0n) is 17.7. The van der Waals surface area contributed by atoms with Gasteiger partial charge in [0.25, 0.3) is 0 Å². The first kappa shape index (κ1) is 22.3. The van der Waals surface area contributed by atoms with E-state index in [4.69, 9.17) is 17.3 Å². The Hall–Kier alpha value is -2.90. The Morgan fingerprint density at radius 3 is 2.44 bits per heavy atom. The lowest BCUT2D eigenvalue weighted by atomic mass is 9.68. The number of hydrogen-bond acceptors (Lipinski definition) is 4. The van der Waals surface area contributed by atoms with E-state index in [-0.39, 0.29) is 41.9 Å². The lowest BCUT2D eigenvalue weighted by Gasteiger charge is -2.45. The standard InChI is InChI=1S/C24H26ClN3O4/c25-18-5-2-4-17(12-18)24(15-26)9-7-19(8-10-24)27-13-22(30)28(14-21(27)29)20-6-1-3-16(11-20)23(31)32/h1-6,11-12,19H,7-10,13-15,26H2,(H,31,32)/t19-,24-. The van der Waals surface area contributed by atoms with Crippen LogP contribution in [0.2, 0.25) is 5.02 Å². The molecule has 0 atom stereocenters. The van der Waals surface area contributed by atoms with E-state index in [9.17, 15) is 19.5 Å². The highest BCUT2D eigenvalue weighted by molar-refractivity contribution is 6.30. The Morgan fingerprint density at radius 1 is 1.06 bits per heavy atom. The fraction of sp³-hybridized carbons (Fsp3) is 0.375. The summed E-state index contributed by atoms with van der Waals surface area (Å²) >= 11 is 6.19. The van der Waals surface area contributed by atoms with Gasteiger partial charge in [-0.3, -0.25) is 9.59 Å². The van der Waals surface area contributed by atoms with Crippen molar-refractivity contribution in [3.63, 3.8) is 0 Å². The number of rotatable bonds is 5. The molecular weight excluding hydrogens is 430 g/mol. The van der Waals surface area contributed by atoms with Gasteiger partial charge in [-0.1, -0.05) is 29.8 Å². The first-order valence-corrected chi connectivity index (χ1v) is 11.1. The first-order chi connectivity index (χ1) is 15.3.